The van der Waals surface area contributed by atoms with Gasteiger partial charge >= 0.3 is 6.03 Å². The van der Waals surface area contributed by atoms with Gasteiger partial charge in [-0.15, -0.1) is 0 Å². The number of hydrogen-bond acceptors (Lipinski definition) is 5. The van der Waals surface area contributed by atoms with E-state index in [1.54, 1.807) is 24.3 Å². The molecule has 8 nitrogen and oxygen atoms in total. The molecule has 2 N–H and O–H groups in total. The van der Waals surface area contributed by atoms with E-state index in [4.69, 9.17) is 9.47 Å². The number of anilines is 1. The third-order valence-electron chi connectivity index (χ3n) is 5.54. The van der Waals surface area contributed by atoms with Crippen molar-refractivity contribution in [1.29, 1.82) is 0 Å². The highest BCUT2D eigenvalue weighted by atomic mass is 79.9. The number of halogens is 2. The summed E-state index contributed by atoms with van der Waals surface area (Å²) in [5.74, 6) is -0.0619. The van der Waals surface area contributed by atoms with Gasteiger partial charge in [-0.25, -0.2) is 9.69 Å². The molecule has 1 heterocycles. The predicted molar refractivity (Wildman–Crippen MR) is 152 cm³/mol. The third-order valence-corrected chi connectivity index (χ3v) is 6.75. The number of ether oxygens (including phenoxy) is 2. The van der Waals surface area contributed by atoms with Gasteiger partial charge in [0.2, 0.25) is 5.91 Å². The van der Waals surface area contributed by atoms with E-state index in [1.165, 1.54) is 6.08 Å². The second-order valence-electron chi connectivity index (χ2n) is 8.47. The molecule has 0 bridgehead atoms. The highest BCUT2D eigenvalue weighted by Gasteiger charge is 2.35. The zero-order valence-electron chi connectivity index (χ0n) is 20.7. The number of nitrogens with zero attached hydrogens (tertiary/aromatic N) is 1. The number of carbonyl (C=O) groups excluding carboxylic acids is 3. The first kappa shape index (κ1) is 27.4. The van der Waals surface area contributed by atoms with Gasteiger partial charge in [-0.05, 0) is 73.0 Å². The summed E-state index contributed by atoms with van der Waals surface area (Å²) in [6.45, 7) is 4.10. The van der Waals surface area contributed by atoms with Crippen molar-refractivity contribution >= 4 is 61.5 Å². The van der Waals surface area contributed by atoms with E-state index in [9.17, 15) is 14.4 Å². The van der Waals surface area contributed by atoms with Gasteiger partial charge in [0.25, 0.3) is 5.91 Å². The van der Waals surface area contributed by atoms with Crippen LogP contribution in [0.25, 0.3) is 6.08 Å². The number of nitrogens with one attached hydrogen (secondary N) is 2. The minimum Gasteiger partial charge on any atom is -0.490 e. The molecule has 0 unspecified atom stereocenters. The SMILES string of the molecule is CCOc1cc(/C=C2/NC(=O)N(CC(=O)Nc3cccc(C)c3)C2=O)c(Br)cc1OCc1ccc(Br)cc1. The van der Waals surface area contributed by atoms with Crippen LogP contribution in [0.5, 0.6) is 11.5 Å². The van der Waals surface area contributed by atoms with Gasteiger partial charge in [0.05, 0.1) is 6.61 Å². The number of rotatable bonds is 9. The summed E-state index contributed by atoms with van der Waals surface area (Å²) in [4.78, 5) is 38.8. The van der Waals surface area contributed by atoms with Gasteiger partial charge in [0.15, 0.2) is 11.5 Å². The molecule has 0 radical (unpaired) electrons. The smallest absolute Gasteiger partial charge is 0.329 e. The standard InChI is InChI=1S/C28H25Br2N3O5/c1-3-37-24-13-19(22(30)14-25(24)38-16-18-7-9-20(29)10-8-18)12-23-27(35)33(28(36)32-23)15-26(34)31-21-6-4-5-17(2)11-21/h4-14H,3,15-16H2,1-2H3,(H,31,34)(H,32,36)/b23-12+. The monoisotopic (exact) mass is 641 g/mol. The van der Waals surface area contributed by atoms with E-state index >= 15 is 0 Å². The maximum Gasteiger partial charge on any atom is 0.329 e. The lowest BCUT2D eigenvalue weighted by molar-refractivity contribution is -0.127. The number of hydrogen-bond donors (Lipinski definition) is 2. The number of urea groups is 1. The number of carbonyl (C=O) groups is 3. The van der Waals surface area contributed by atoms with E-state index < -0.39 is 24.4 Å². The molecular weight excluding hydrogens is 618 g/mol. The van der Waals surface area contributed by atoms with Crippen LogP contribution in [-0.2, 0) is 16.2 Å². The van der Waals surface area contributed by atoms with Crippen molar-refractivity contribution in [3.8, 4) is 11.5 Å². The van der Waals surface area contributed by atoms with Crippen LogP contribution in [0.1, 0.15) is 23.6 Å². The van der Waals surface area contributed by atoms with Gasteiger partial charge in [-0.1, -0.05) is 56.1 Å². The van der Waals surface area contributed by atoms with Gasteiger partial charge in [-0.2, -0.15) is 0 Å². The molecule has 1 aliphatic rings. The van der Waals surface area contributed by atoms with Crippen molar-refractivity contribution in [1.82, 2.24) is 10.2 Å². The van der Waals surface area contributed by atoms with Crippen molar-refractivity contribution in [2.24, 2.45) is 0 Å². The number of aryl methyl sites for hydroxylation is 1. The molecule has 0 atom stereocenters. The van der Waals surface area contributed by atoms with Crippen molar-refractivity contribution < 1.29 is 23.9 Å². The van der Waals surface area contributed by atoms with Crippen LogP contribution in [-0.4, -0.2) is 35.9 Å². The molecule has 0 spiro atoms. The van der Waals surface area contributed by atoms with Crippen LogP contribution >= 0.6 is 31.9 Å². The maximum absolute atomic E-state index is 13.0. The molecule has 4 amide bonds. The van der Waals surface area contributed by atoms with Crippen molar-refractivity contribution in [3.63, 3.8) is 0 Å². The second-order valence-corrected chi connectivity index (χ2v) is 10.2. The van der Waals surface area contributed by atoms with E-state index in [0.717, 1.165) is 20.5 Å². The number of benzene rings is 3. The minimum atomic E-state index is -0.670. The molecule has 38 heavy (non-hydrogen) atoms. The van der Waals surface area contributed by atoms with E-state index in [2.05, 4.69) is 42.5 Å². The average Bonchev–Trinajstić information content (AvgIpc) is 3.13. The number of imide groups is 1. The highest BCUT2D eigenvalue weighted by molar-refractivity contribution is 9.10. The Balaban J connectivity index is 1.49. The van der Waals surface area contributed by atoms with Crippen LogP contribution < -0.4 is 20.1 Å². The molecule has 3 aromatic carbocycles. The largest absolute Gasteiger partial charge is 0.490 e. The molecule has 196 valence electrons. The van der Waals surface area contributed by atoms with Gasteiger partial charge in [0.1, 0.15) is 18.8 Å². The molecule has 3 aromatic rings. The Bertz CT molecular complexity index is 1410. The molecule has 10 heteroatoms. The van der Waals surface area contributed by atoms with E-state index in [0.29, 0.717) is 40.4 Å². The summed E-state index contributed by atoms with van der Waals surface area (Å²) >= 11 is 6.94. The molecule has 0 aromatic heterocycles. The lowest BCUT2D eigenvalue weighted by Crippen LogP contribution is -2.38. The normalized spacial score (nSPS) is 14.0. The zero-order chi connectivity index (χ0) is 27.2. The molecule has 1 saturated heterocycles. The van der Waals surface area contributed by atoms with Crippen molar-refractivity contribution in [3.05, 3.63) is 92.0 Å². The molecule has 0 aliphatic carbocycles. The lowest BCUT2D eigenvalue weighted by Gasteiger charge is -2.14. The minimum absolute atomic E-state index is 0.0463. The Morgan fingerprint density at radius 3 is 2.47 bits per heavy atom. The molecule has 1 fully saturated rings. The first-order chi connectivity index (χ1) is 18.2. The average molecular weight is 643 g/mol. The van der Waals surface area contributed by atoms with Gasteiger partial charge < -0.3 is 20.1 Å². The van der Waals surface area contributed by atoms with E-state index in [-0.39, 0.29) is 5.70 Å². The Morgan fingerprint density at radius 2 is 1.76 bits per heavy atom. The van der Waals surface area contributed by atoms with Crippen LogP contribution in [0, 0.1) is 6.92 Å². The number of amides is 4. The van der Waals surface area contributed by atoms with Crippen LogP contribution in [0.2, 0.25) is 0 Å². The molecule has 1 aliphatic heterocycles. The lowest BCUT2D eigenvalue weighted by atomic mass is 10.1. The Kier molecular flexibility index (Phi) is 8.85. The fraction of sp³-hybridized carbons (Fsp3) is 0.179. The Morgan fingerprint density at radius 1 is 1.03 bits per heavy atom. The zero-order valence-corrected chi connectivity index (χ0v) is 23.9. The molecule has 4 rings (SSSR count). The van der Waals surface area contributed by atoms with Crippen molar-refractivity contribution in [2.75, 3.05) is 18.5 Å². The summed E-state index contributed by atoms with van der Waals surface area (Å²) in [5, 5.41) is 5.25. The Labute approximate surface area is 237 Å². The summed E-state index contributed by atoms with van der Waals surface area (Å²) in [7, 11) is 0. The topological polar surface area (TPSA) is 97.0 Å². The summed E-state index contributed by atoms with van der Waals surface area (Å²) in [6, 6.07) is 17.9. The predicted octanol–water partition coefficient (Wildman–Crippen LogP) is 6.03. The van der Waals surface area contributed by atoms with Gasteiger partial charge in [-0.3, -0.25) is 9.59 Å². The fourth-order valence-corrected chi connectivity index (χ4v) is 4.42. The summed E-state index contributed by atoms with van der Waals surface area (Å²) in [6.07, 6.45) is 1.53. The van der Waals surface area contributed by atoms with E-state index in [1.807, 2.05) is 50.2 Å². The van der Waals surface area contributed by atoms with Crippen LogP contribution in [0.4, 0.5) is 10.5 Å². The molecular formula is C28H25Br2N3O5. The first-order valence-electron chi connectivity index (χ1n) is 11.8. The Hall–Kier alpha value is -3.63. The fourth-order valence-electron chi connectivity index (χ4n) is 3.72. The summed E-state index contributed by atoms with van der Waals surface area (Å²) in [5.41, 5.74) is 3.20. The second kappa shape index (κ2) is 12.3. The van der Waals surface area contributed by atoms with Gasteiger partial charge in [0, 0.05) is 14.6 Å². The summed E-state index contributed by atoms with van der Waals surface area (Å²) < 4.78 is 13.4. The van der Waals surface area contributed by atoms with Crippen molar-refractivity contribution in [2.45, 2.75) is 20.5 Å². The highest BCUT2D eigenvalue weighted by Crippen LogP contribution is 2.36. The first-order valence-corrected chi connectivity index (χ1v) is 13.4. The molecule has 0 saturated carbocycles. The maximum atomic E-state index is 13.0. The van der Waals surface area contributed by atoms with Crippen LogP contribution in [0.15, 0.2) is 75.3 Å². The third kappa shape index (κ3) is 6.81. The quantitative estimate of drug-likeness (QED) is 0.220. The van der Waals surface area contributed by atoms with Crippen LogP contribution in [0.3, 0.4) is 0 Å².